The number of nitrogen functional groups attached to an aromatic ring is 1. The van der Waals surface area contributed by atoms with Crippen molar-refractivity contribution in [2.75, 3.05) is 11.6 Å². The van der Waals surface area contributed by atoms with E-state index in [-0.39, 0.29) is 5.75 Å². The Labute approximate surface area is 152 Å². The van der Waals surface area contributed by atoms with E-state index in [0.29, 0.717) is 23.3 Å². The SMILES string of the molecule is Nn1c(SCC(=O)NC(=O)NCc2ccccc2)nnc1-c1ccco1. The average molecular weight is 372 g/mol. The summed E-state index contributed by atoms with van der Waals surface area (Å²) in [6, 6.07) is 12.2. The third-order valence-corrected chi connectivity index (χ3v) is 4.23. The maximum Gasteiger partial charge on any atom is 0.321 e. The van der Waals surface area contributed by atoms with Crippen molar-refractivity contribution in [1.29, 1.82) is 0 Å². The zero-order chi connectivity index (χ0) is 18.4. The number of aromatic nitrogens is 3. The number of hydrogen-bond donors (Lipinski definition) is 3. The number of hydrogen-bond acceptors (Lipinski definition) is 7. The van der Waals surface area contributed by atoms with Crippen LogP contribution in [-0.4, -0.2) is 32.6 Å². The first-order valence-electron chi connectivity index (χ1n) is 7.62. The van der Waals surface area contributed by atoms with Crippen LogP contribution in [0.25, 0.3) is 11.6 Å². The van der Waals surface area contributed by atoms with Crippen LogP contribution in [0.1, 0.15) is 5.56 Å². The smallest absolute Gasteiger partial charge is 0.321 e. The van der Waals surface area contributed by atoms with Crippen LogP contribution >= 0.6 is 11.8 Å². The van der Waals surface area contributed by atoms with E-state index in [0.717, 1.165) is 17.3 Å². The molecule has 0 atom stereocenters. The van der Waals surface area contributed by atoms with Crippen molar-refractivity contribution in [3.63, 3.8) is 0 Å². The van der Waals surface area contributed by atoms with Crippen LogP contribution in [0.5, 0.6) is 0 Å². The van der Waals surface area contributed by atoms with Crippen LogP contribution in [0.2, 0.25) is 0 Å². The van der Waals surface area contributed by atoms with Gasteiger partial charge in [0.25, 0.3) is 0 Å². The van der Waals surface area contributed by atoms with Gasteiger partial charge in [-0.1, -0.05) is 42.1 Å². The zero-order valence-electron chi connectivity index (χ0n) is 13.6. The lowest BCUT2D eigenvalue weighted by atomic mass is 10.2. The van der Waals surface area contributed by atoms with Crippen LogP contribution in [0.3, 0.4) is 0 Å². The van der Waals surface area contributed by atoms with Gasteiger partial charge in [0, 0.05) is 6.54 Å². The highest BCUT2D eigenvalue weighted by molar-refractivity contribution is 7.99. The number of urea groups is 1. The predicted molar refractivity (Wildman–Crippen MR) is 95.4 cm³/mol. The first-order chi connectivity index (χ1) is 12.6. The fourth-order valence-corrected chi connectivity index (χ4v) is 2.72. The number of benzene rings is 1. The van der Waals surface area contributed by atoms with Crippen LogP contribution in [0, 0.1) is 0 Å². The molecule has 2 heterocycles. The second-order valence-corrected chi connectivity index (χ2v) is 6.10. The number of thioether (sulfide) groups is 1. The molecular weight excluding hydrogens is 356 g/mol. The monoisotopic (exact) mass is 372 g/mol. The van der Waals surface area contributed by atoms with Gasteiger partial charge in [-0.3, -0.25) is 10.1 Å². The topological polar surface area (TPSA) is 128 Å². The predicted octanol–water partition coefficient (Wildman–Crippen LogP) is 1.37. The molecule has 9 nitrogen and oxygen atoms in total. The minimum absolute atomic E-state index is 0.0355. The molecule has 0 bridgehead atoms. The Morgan fingerprint density at radius 1 is 1.15 bits per heavy atom. The van der Waals surface area contributed by atoms with Crippen LogP contribution in [0.4, 0.5) is 4.79 Å². The summed E-state index contributed by atoms with van der Waals surface area (Å²) in [5.74, 6) is 6.20. The number of amides is 3. The molecule has 3 rings (SSSR count). The molecule has 0 fully saturated rings. The number of furan rings is 1. The quantitative estimate of drug-likeness (QED) is 0.440. The van der Waals surface area contributed by atoms with Gasteiger partial charge in [-0.05, 0) is 17.7 Å². The Morgan fingerprint density at radius 2 is 1.96 bits per heavy atom. The van der Waals surface area contributed by atoms with Gasteiger partial charge in [-0.15, -0.1) is 10.2 Å². The van der Waals surface area contributed by atoms with Crippen molar-refractivity contribution >= 4 is 23.7 Å². The van der Waals surface area contributed by atoms with Gasteiger partial charge in [0.1, 0.15) is 0 Å². The summed E-state index contributed by atoms with van der Waals surface area (Å²) in [6.07, 6.45) is 1.50. The Hall–Kier alpha value is -3.27. The van der Waals surface area contributed by atoms with Crippen molar-refractivity contribution in [2.24, 2.45) is 0 Å². The summed E-state index contributed by atoms with van der Waals surface area (Å²) in [5, 5.41) is 13.0. The van der Waals surface area contributed by atoms with E-state index in [9.17, 15) is 9.59 Å². The average Bonchev–Trinajstić information content (AvgIpc) is 3.29. The molecule has 3 aromatic rings. The van der Waals surface area contributed by atoms with Crippen LogP contribution in [0.15, 0.2) is 58.3 Å². The normalized spacial score (nSPS) is 10.5. The number of nitrogens with zero attached hydrogens (tertiary/aromatic N) is 3. The standard InChI is InChI=1S/C16H16N6O3S/c17-22-14(12-7-4-8-25-12)20-21-16(22)26-10-13(23)19-15(24)18-9-11-5-2-1-3-6-11/h1-8H,9-10,17H2,(H2,18,19,23,24). The molecule has 0 aliphatic heterocycles. The summed E-state index contributed by atoms with van der Waals surface area (Å²) in [7, 11) is 0. The molecule has 0 aliphatic carbocycles. The fraction of sp³-hybridized carbons (Fsp3) is 0.125. The number of carbonyl (C=O) groups excluding carboxylic acids is 2. The second kappa shape index (κ2) is 8.21. The number of nitrogens with two attached hydrogens (primary N) is 1. The molecule has 0 saturated heterocycles. The molecule has 0 radical (unpaired) electrons. The van der Waals surface area contributed by atoms with E-state index in [2.05, 4.69) is 20.8 Å². The maximum atomic E-state index is 11.9. The van der Waals surface area contributed by atoms with Gasteiger partial charge in [0.05, 0.1) is 12.0 Å². The van der Waals surface area contributed by atoms with Crippen molar-refractivity contribution in [2.45, 2.75) is 11.7 Å². The van der Waals surface area contributed by atoms with Crippen molar-refractivity contribution < 1.29 is 14.0 Å². The van der Waals surface area contributed by atoms with Gasteiger partial charge in [0.2, 0.25) is 16.9 Å². The molecule has 0 aliphatic rings. The third kappa shape index (κ3) is 4.42. The Morgan fingerprint density at radius 3 is 2.69 bits per heavy atom. The lowest BCUT2D eigenvalue weighted by molar-refractivity contribution is -0.117. The lowest BCUT2D eigenvalue weighted by Gasteiger charge is -2.06. The molecule has 2 aromatic heterocycles. The number of nitrogens with one attached hydrogen (secondary N) is 2. The van der Waals surface area contributed by atoms with Crippen LogP contribution < -0.4 is 16.5 Å². The molecule has 0 saturated carbocycles. The van der Waals surface area contributed by atoms with E-state index in [4.69, 9.17) is 10.3 Å². The molecule has 1 aromatic carbocycles. The summed E-state index contributed by atoms with van der Waals surface area (Å²) < 4.78 is 6.44. The van der Waals surface area contributed by atoms with E-state index in [1.54, 1.807) is 12.1 Å². The van der Waals surface area contributed by atoms with E-state index < -0.39 is 11.9 Å². The molecule has 134 valence electrons. The molecule has 10 heteroatoms. The molecular formula is C16H16N6O3S. The van der Waals surface area contributed by atoms with Crippen LogP contribution in [-0.2, 0) is 11.3 Å². The highest BCUT2D eigenvalue weighted by Gasteiger charge is 2.16. The highest BCUT2D eigenvalue weighted by atomic mass is 32.2. The van der Waals surface area contributed by atoms with Gasteiger partial charge in [0.15, 0.2) is 5.76 Å². The van der Waals surface area contributed by atoms with E-state index >= 15 is 0 Å². The van der Waals surface area contributed by atoms with Gasteiger partial charge in [-0.25, -0.2) is 9.47 Å². The molecule has 4 N–H and O–H groups in total. The van der Waals surface area contributed by atoms with Crippen molar-refractivity contribution in [1.82, 2.24) is 25.5 Å². The Balaban J connectivity index is 1.46. The number of carbonyl (C=O) groups is 2. The second-order valence-electron chi connectivity index (χ2n) is 5.16. The third-order valence-electron chi connectivity index (χ3n) is 3.29. The fourth-order valence-electron chi connectivity index (χ4n) is 2.06. The van der Waals surface area contributed by atoms with Crippen molar-refractivity contribution in [3.8, 4) is 11.6 Å². The summed E-state index contributed by atoms with van der Waals surface area (Å²) in [4.78, 5) is 23.6. The largest absolute Gasteiger partial charge is 0.461 e. The maximum absolute atomic E-state index is 11.9. The number of imide groups is 1. The first-order valence-corrected chi connectivity index (χ1v) is 8.61. The number of rotatable bonds is 6. The van der Waals surface area contributed by atoms with Gasteiger partial charge < -0.3 is 15.6 Å². The van der Waals surface area contributed by atoms with Crippen molar-refractivity contribution in [3.05, 3.63) is 54.3 Å². The van der Waals surface area contributed by atoms with Gasteiger partial charge >= 0.3 is 6.03 Å². The molecule has 3 amide bonds. The Kier molecular flexibility index (Phi) is 5.54. The minimum atomic E-state index is -0.565. The van der Waals surface area contributed by atoms with E-state index in [1.165, 1.54) is 10.9 Å². The van der Waals surface area contributed by atoms with E-state index in [1.807, 2.05) is 30.3 Å². The highest BCUT2D eigenvalue weighted by Crippen LogP contribution is 2.21. The minimum Gasteiger partial charge on any atom is -0.461 e. The van der Waals surface area contributed by atoms with Gasteiger partial charge in [-0.2, -0.15) is 0 Å². The first kappa shape index (κ1) is 17.5. The molecule has 26 heavy (non-hydrogen) atoms. The Bertz CT molecular complexity index is 879. The summed E-state index contributed by atoms with van der Waals surface area (Å²) in [5.41, 5.74) is 0.936. The molecule has 0 unspecified atom stereocenters. The summed E-state index contributed by atoms with van der Waals surface area (Å²) >= 11 is 1.06. The molecule has 0 spiro atoms. The summed E-state index contributed by atoms with van der Waals surface area (Å²) in [6.45, 7) is 0.330. The lowest BCUT2D eigenvalue weighted by Crippen LogP contribution is -2.40. The zero-order valence-corrected chi connectivity index (χ0v) is 14.4.